The smallest absolute Gasteiger partial charge is 0.255 e. The zero-order chi connectivity index (χ0) is 11.5. The Morgan fingerprint density at radius 3 is 2.56 bits per heavy atom. The molecule has 4 nitrogen and oxygen atoms in total. The molecule has 1 fully saturated rings. The number of amides is 1. The predicted octanol–water partition coefficient (Wildman–Crippen LogP) is 1.17. The predicted molar refractivity (Wildman–Crippen MR) is 61.3 cm³/mol. The van der Waals surface area contributed by atoms with Gasteiger partial charge in [0.05, 0.1) is 5.56 Å². The normalized spacial score (nSPS) is 16.2. The van der Waals surface area contributed by atoms with Crippen molar-refractivity contribution in [3.05, 3.63) is 46.4 Å². The molecular weight excluding hydrogens is 204 g/mol. The van der Waals surface area contributed by atoms with Gasteiger partial charge < -0.3 is 9.88 Å². The van der Waals surface area contributed by atoms with Crippen molar-refractivity contribution in [1.29, 1.82) is 0 Å². The molecule has 4 heteroatoms. The highest BCUT2D eigenvalue weighted by molar-refractivity contribution is 5.93. The lowest BCUT2D eigenvalue weighted by molar-refractivity contribution is 0.0743. The van der Waals surface area contributed by atoms with E-state index in [9.17, 15) is 9.59 Å². The van der Waals surface area contributed by atoms with Crippen LogP contribution in [0.25, 0.3) is 0 Å². The molecule has 0 aliphatic carbocycles. The lowest BCUT2D eigenvalue weighted by Crippen LogP contribution is -2.36. The van der Waals surface area contributed by atoms with Crippen molar-refractivity contribution >= 4 is 5.91 Å². The Labute approximate surface area is 93.6 Å². The Morgan fingerprint density at radius 2 is 2.00 bits per heavy atom. The summed E-state index contributed by atoms with van der Waals surface area (Å²) in [5, 5.41) is 0. The van der Waals surface area contributed by atoms with Crippen LogP contribution >= 0.6 is 0 Å². The average molecular weight is 218 g/mol. The first-order valence-corrected chi connectivity index (χ1v) is 5.31. The van der Waals surface area contributed by atoms with Gasteiger partial charge in [-0.05, 0) is 18.9 Å². The number of nitrogens with zero attached hydrogens (tertiary/aromatic N) is 1. The first-order chi connectivity index (χ1) is 7.66. The van der Waals surface area contributed by atoms with Crippen molar-refractivity contribution in [3.63, 3.8) is 0 Å². The maximum Gasteiger partial charge on any atom is 0.255 e. The molecule has 0 spiro atoms. The van der Waals surface area contributed by atoms with E-state index in [2.05, 4.69) is 11.6 Å². The van der Waals surface area contributed by atoms with Crippen molar-refractivity contribution in [2.45, 2.75) is 12.8 Å². The largest absolute Gasteiger partial charge is 0.338 e. The highest BCUT2D eigenvalue weighted by Gasteiger charge is 2.19. The van der Waals surface area contributed by atoms with Gasteiger partial charge in [-0.3, -0.25) is 9.59 Å². The number of hydrogen-bond acceptors (Lipinski definition) is 2. The van der Waals surface area contributed by atoms with Crippen LogP contribution in [0.3, 0.4) is 0 Å². The first kappa shape index (κ1) is 10.7. The molecule has 84 valence electrons. The summed E-state index contributed by atoms with van der Waals surface area (Å²) in [6.07, 6.45) is 3.21. The fourth-order valence-corrected chi connectivity index (χ4v) is 1.75. The second kappa shape index (κ2) is 4.35. The third-order valence-corrected chi connectivity index (χ3v) is 2.79. The van der Waals surface area contributed by atoms with Crippen molar-refractivity contribution in [2.24, 2.45) is 0 Å². The van der Waals surface area contributed by atoms with Gasteiger partial charge in [-0.25, -0.2) is 0 Å². The molecule has 2 rings (SSSR count). The number of H-pyrrole nitrogens is 1. The molecule has 1 aromatic rings. The number of aromatic nitrogens is 1. The van der Waals surface area contributed by atoms with Gasteiger partial charge >= 0.3 is 0 Å². The maximum atomic E-state index is 12.0. The Kier molecular flexibility index (Phi) is 2.90. The van der Waals surface area contributed by atoms with E-state index in [0.29, 0.717) is 5.56 Å². The van der Waals surface area contributed by atoms with Crippen LogP contribution < -0.4 is 5.56 Å². The number of carbonyl (C=O) groups excluding carboxylic acids is 1. The van der Waals surface area contributed by atoms with Gasteiger partial charge in [0.1, 0.15) is 0 Å². The van der Waals surface area contributed by atoms with E-state index in [4.69, 9.17) is 0 Å². The Hall–Kier alpha value is -1.84. The molecular formula is C12H14N2O2. The second-order valence-corrected chi connectivity index (χ2v) is 3.98. The standard InChI is InChI=1S/C12H14N2O2/c1-9-4-6-14(7-5-9)12(16)10-2-3-11(15)13-8-10/h2-3,8H,1,4-7H2,(H,13,15). The molecule has 0 unspecified atom stereocenters. The summed E-state index contributed by atoms with van der Waals surface area (Å²) < 4.78 is 0. The van der Waals surface area contributed by atoms with Crippen molar-refractivity contribution in [2.75, 3.05) is 13.1 Å². The van der Waals surface area contributed by atoms with Crippen LogP contribution in [0.5, 0.6) is 0 Å². The number of aromatic amines is 1. The number of piperidine rings is 1. The molecule has 1 aliphatic rings. The summed E-state index contributed by atoms with van der Waals surface area (Å²) in [6.45, 7) is 5.34. The summed E-state index contributed by atoms with van der Waals surface area (Å²) >= 11 is 0. The average Bonchev–Trinajstić information content (AvgIpc) is 2.30. The number of pyridine rings is 1. The van der Waals surface area contributed by atoms with Crippen molar-refractivity contribution in [3.8, 4) is 0 Å². The van der Waals surface area contributed by atoms with Gasteiger partial charge in [-0.1, -0.05) is 12.2 Å². The summed E-state index contributed by atoms with van der Waals surface area (Å²) in [4.78, 5) is 27.2. The number of hydrogen-bond donors (Lipinski definition) is 1. The van der Waals surface area contributed by atoms with Gasteiger partial charge in [0, 0.05) is 25.4 Å². The number of rotatable bonds is 1. The minimum atomic E-state index is -0.191. The Balaban J connectivity index is 2.10. The molecule has 1 aromatic heterocycles. The summed E-state index contributed by atoms with van der Waals surface area (Å²) in [5.74, 6) is -0.0243. The maximum absolute atomic E-state index is 12.0. The molecule has 1 saturated heterocycles. The summed E-state index contributed by atoms with van der Waals surface area (Å²) in [7, 11) is 0. The third-order valence-electron chi connectivity index (χ3n) is 2.79. The van der Waals surface area contributed by atoms with Gasteiger partial charge in [0.15, 0.2) is 0 Å². The van der Waals surface area contributed by atoms with E-state index < -0.39 is 0 Å². The molecule has 16 heavy (non-hydrogen) atoms. The molecule has 1 N–H and O–H groups in total. The highest BCUT2D eigenvalue weighted by atomic mass is 16.2. The van der Waals surface area contributed by atoms with Crippen LogP contribution in [0.15, 0.2) is 35.3 Å². The SMILES string of the molecule is C=C1CCN(C(=O)c2ccc(=O)[nH]c2)CC1. The van der Waals surface area contributed by atoms with E-state index in [1.165, 1.54) is 17.8 Å². The summed E-state index contributed by atoms with van der Waals surface area (Å²) in [6, 6.07) is 2.93. The van der Waals surface area contributed by atoms with Crippen LogP contribution in [0.4, 0.5) is 0 Å². The van der Waals surface area contributed by atoms with Gasteiger partial charge in [0.2, 0.25) is 5.56 Å². The molecule has 0 saturated carbocycles. The molecule has 0 radical (unpaired) electrons. The van der Waals surface area contributed by atoms with Gasteiger partial charge in [-0.15, -0.1) is 0 Å². The Bertz CT molecular complexity index is 446. The first-order valence-electron chi connectivity index (χ1n) is 5.31. The minimum absolute atomic E-state index is 0.0243. The van der Waals surface area contributed by atoms with E-state index >= 15 is 0 Å². The fourth-order valence-electron chi connectivity index (χ4n) is 1.75. The van der Waals surface area contributed by atoms with Gasteiger partial charge in [-0.2, -0.15) is 0 Å². The number of carbonyl (C=O) groups is 1. The van der Waals surface area contributed by atoms with E-state index in [1.807, 2.05) is 0 Å². The fraction of sp³-hybridized carbons (Fsp3) is 0.333. The van der Waals surface area contributed by atoms with Crippen LogP contribution in [0, 0.1) is 0 Å². The summed E-state index contributed by atoms with van der Waals surface area (Å²) in [5.41, 5.74) is 1.54. The topological polar surface area (TPSA) is 53.2 Å². The van der Waals surface area contributed by atoms with Crippen LogP contribution in [-0.4, -0.2) is 28.9 Å². The number of nitrogens with one attached hydrogen (secondary N) is 1. The second-order valence-electron chi connectivity index (χ2n) is 3.98. The zero-order valence-electron chi connectivity index (χ0n) is 9.03. The molecule has 1 aliphatic heterocycles. The Morgan fingerprint density at radius 1 is 1.31 bits per heavy atom. The van der Waals surface area contributed by atoms with Crippen molar-refractivity contribution in [1.82, 2.24) is 9.88 Å². The lowest BCUT2D eigenvalue weighted by Gasteiger charge is -2.27. The molecule has 1 amide bonds. The van der Waals surface area contributed by atoms with Crippen LogP contribution in [0.1, 0.15) is 23.2 Å². The molecule has 0 bridgehead atoms. The monoisotopic (exact) mass is 218 g/mol. The van der Waals surface area contributed by atoms with Crippen LogP contribution in [0.2, 0.25) is 0 Å². The van der Waals surface area contributed by atoms with Gasteiger partial charge in [0.25, 0.3) is 5.91 Å². The molecule has 0 atom stereocenters. The van der Waals surface area contributed by atoms with Crippen LogP contribution in [-0.2, 0) is 0 Å². The quantitative estimate of drug-likeness (QED) is 0.719. The van der Waals surface area contributed by atoms with E-state index in [0.717, 1.165) is 25.9 Å². The lowest BCUT2D eigenvalue weighted by atomic mass is 10.1. The molecule has 0 aromatic carbocycles. The number of likely N-dealkylation sites (tertiary alicyclic amines) is 1. The van der Waals surface area contributed by atoms with E-state index in [-0.39, 0.29) is 11.5 Å². The highest BCUT2D eigenvalue weighted by Crippen LogP contribution is 2.15. The minimum Gasteiger partial charge on any atom is -0.338 e. The van der Waals surface area contributed by atoms with E-state index in [1.54, 1.807) is 11.0 Å². The molecule has 2 heterocycles. The van der Waals surface area contributed by atoms with Crippen molar-refractivity contribution < 1.29 is 4.79 Å². The zero-order valence-corrected chi connectivity index (χ0v) is 9.03. The third kappa shape index (κ3) is 2.21.